The van der Waals surface area contributed by atoms with E-state index < -0.39 is 0 Å². The molecule has 1 heterocycles. The van der Waals surface area contributed by atoms with E-state index in [1.54, 1.807) is 0 Å². The van der Waals surface area contributed by atoms with Crippen LogP contribution in [0.2, 0.25) is 5.02 Å². The Morgan fingerprint density at radius 3 is 2.75 bits per heavy atom. The zero-order valence-corrected chi connectivity index (χ0v) is 14.6. The van der Waals surface area contributed by atoms with Gasteiger partial charge in [-0.1, -0.05) is 32.4 Å². The highest BCUT2D eigenvalue weighted by atomic mass is 79.9. The molecule has 0 unspecified atom stereocenters. The van der Waals surface area contributed by atoms with Crippen molar-refractivity contribution in [2.24, 2.45) is 5.92 Å². The summed E-state index contributed by atoms with van der Waals surface area (Å²) in [5.41, 5.74) is 2.18. The van der Waals surface area contributed by atoms with Crippen LogP contribution >= 0.6 is 27.5 Å². The van der Waals surface area contributed by atoms with Gasteiger partial charge in [-0.15, -0.1) is 0 Å². The molecular formula is C16H21BrClNO. The Balaban J connectivity index is 2.46. The maximum Gasteiger partial charge on any atom is 0.148 e. The van der Waals surface area contributed by atoms with Crippen LogP contribution in [0.5, 0.6) is 0 Å². The Hall–Kier alpha value is -0.510. The van der Waals surface area contributed by atoms with Gasteiger partial charge in [0.1, 0.15) is 11.3 Å². The summed E-state index contributed by atoms with van der Waals surface area (Å²) in [5.74, 6) is 1.61. The monoisotopic (exact) mass is 357 g/mol. The van der Waals surface area contributed by atoms with Crippen molar-refractivity contribution in [1.82, 2.24) is 5.32 Å². The number of nitrogens with one attached hydrogen (secondary N) is 1. The first kappa shape index (κ1) is 15.9. The molecule has 1 N–H and O–H groups in total. The second kappa shape index (κ2) is 6.97. The second-order valence-electron chi connectivity index (χ2n) is 5.54. The maximum atomic E-state index is 6.18. The first-order valence-corrected chi connectivity index (χ1v) is 8.30. The van der Waals surface area contributed by atoms with Crippen molar-refractivity contribution >= 4 is 38.5 Å². The highest BCUT2D eigenvalue weighted by molar-refractivity contribution is 9.10. The van der Waals surface area contributed by atoms with E-state index in [1.165, 1.54) is 5.56 Å². The predicted molar refractivity (Wildman–Crippen MR) is 89.5 cm³/mol. The summed E-state index contributed by atoms with van der Waals surface area (Å²) in [4.78, 5) is 0. The van der Waals surface area contributed by atoms with Gasteiger partial charge in [0.25, 0.3) is 0 Å². The van der Waals surface area contributed by atoms with Gasteiger partial charge in [0.2, 0.25) is 0 Å². The molecule has 4 heteroatoms. The van der Waals surface area contributed by atoms with Crippen molar-refractivity contribution in [2.75, 3.05) is 6.54 Å². The Labute approximate surface area is 134 Å². The summed E-state index contributed by atoms with van der Waals surface area (Å²) in [6, 6.07) is 3.89. The number of benzene rings is 1. The first-order valence-electron chi connectivity index (χ1n) is 7.13. The minimum absolute atomic E-state index is 0.582. The summed E-state index contributed by atoms with van der Waals surface area (Å²) in [6.45, 7) is 8.38. The van der Waals surface area contributed by atoms with Crippen LogP contribution in [0, 0.1) is 5.92 Å². The van der Waals surface area contributed by atoms with Crippen LogP contribution in [-0.4, -0.2) is 6.54 Å². The number of fused-ring (bicyclic) bond motifs is 1. The van der Waals surface area contributed by atoms with E-state index in [1.807, 2.05) is 12.1 Å². The molecule has 1 aromatic heterocycles. The molecule has 0 amide bonds. The Bertz CT molecular complexity index is 592. The molecule has 0 spiro atoms. The quantitative estimate of drug-likeness (QED) is 0.685. The van der Waals surface area contributed by atoms with Crippen molar-refractivity contribution in [1.29, 1.82) is 0 Å². The van der Waals surface area contributed by atoms with E-state index in [4.69, 9.17) is 16.0 Å². The third-order valence-electron chi connectivity index (χ3n) is 3.22. The van der Waals surface area contributed by atoms with Gasteiger partial charge in [-0.3, -0.25) is 0 Å². The van der Waals surface area contributed by atoms with Crippen LogP contribution in [-0.2, 0) is 13.0 Å². The summed E-state index contributed by atoms with van der Waals surface area (Å²) in [6.07, 6.45) is 2.12. The summed E-state index contributed by atoms with van der Waals surface area (Å²) in [5, 5.41) is 5.29. The van der Waals surface area contributed by atoms with Crippen molar-refractivity contribution in [3.63, 3.8) is 0 Å². The number of halogens is 2. The highest BCUT2D eigenvalue weighted by Gasteiger charge is 2.17. The van der Waals surface area contributed by atoms with Crippen molar-refractivity contribution in [3.05, 3.63) is 33.0 Å². The smallest absolute Gasteiger partial charge is 0.148 e. The topological polar surface area (TPSA) is 25.2 Å². The Kier molecular flexibility index (Phi) is 5.53. The number of rotatable bonds is 6. The standard InChI is InChI=1S/C16H21BrClNO/c1-4-5-19-9-15-12(6-10(2)3)13-7-11(18)8-14(17)16(13)20-15/h7-8,10,19H,4-6,9H2,1-3H3. The molecule has 20 heavy (non-hydrogen) atoms. The first-order chi connectivity index (χ1) is 9.52. The molecule has 2 nitrogen and oxygen atoms in total. The van der Waals surface area contributed by atoms with Gasteiger partial charge < -0.3 is 9.73 Å². The van der Waals surface area contributed by atoms with Crippen LogP contribution in [0.25, 0.3) is 11.0 Å². The molecule has 2 rings (SSSR count). The normalized spacial score (nSPS) is 11.7. The van der Waals surface area contributed by atoms with Gasteiger partial charge >= 0.3 is 0 Å². The zero-order chi connectivity index (χ0) is 14.7. The summed E-state index contributed by atoms with van der Waals surface area (Å²) < 4.78 is 6.99. The molecule has 110 valence electrons. The Morgan fingerprint density at radius 2 is 2.10 bits per heavy atom. The average Bonchev–Trinajstić information content (AvgIpc) is 2.68. The third-order valence-corrected chi connectivity index (χ3v) is 4.03. The van der Waals surface area contributed by atoms with Gasteiger partial charge in [-0.25, -0.2) is 0 Å². The molecule has 0 saturated carbocycles. The molecule has 0 aliphatic carbocycles. The lowest BCUT2D eigenvalue weighted by atomic mass is 10.00. The summed E-state index contributed by atoms with van der Waals surface area (Å²) >= 11 is 9.73. The molecule has 0 saturated heterocycles. The summed E-state index contributed by atoms with van der Waals surface area (Å²) in [7, 11) is 0. The fraction of sp³-hybridized carbons (Fsp3) is 0.500. The van der Waals surface area contributed by atoms with E-state index in [0.717, 1.165) is 52.2 Å². The Morgan fingerprint density at radius 1 is 1.35 bits per heavy atom. The lowest BCUT2D eigenvalue weighted by molar-refractivity contribution is 0.500. The van der Waals surface area contributed by atoms with Crippen LogP contribution in [0.1, 0.15) is 38.5 Å². The van der Waals surface area contributed by atoms with Crippen molar-refractivity contribution in [2.45, 2.75) is 40.2 Å². The lowest BCUT2D eigenvalue weighted by Crippen LogP contribution is -2.14. The fourth-order valence-corrected chi connectivity index (χ4v) is 3.27. The largest absolute Gasteiger partial charge is 0.458 e. The fourth-order valence-electron chi connectivity index (χ4n) is 2.38. The van der Waals surface area contributed by atoms with Gasteiger partial charge in [-0.2, -0.15) is 0 Å². The van der Waals surface area contributed by atoms with Crippen LogP contribution in [0.4, 0.5) is 0 Å². The average molecular weight is 359 g/mol. The lowest BCUT2D eigenvalue weighted by Gasteiger charge is -2.07. The van der Waals surface area contributed by atoms with E-state index >= 15 is 0 Å². The minimum atomic E-state index is 0.582. The third kappa shape index (κ3) is 3.57. The molecule has 0 atom stereocenters. The van der Waals surface area contributed by atoms with Gasteiger partial charge in [-0.05, 0) is 53.4 Å². The molecule has 1 aromatic carbocycles. The molecule has 0 aliphatic heterocycles. The number of hydrogen-bond donors (Lipinski definition) is 1. The van der Waals surface area contributed by atoms with E-state index in [9.17, 15) is 0 Å². The van der Waals surface area contributed by atoms with Crippen LogP contribution in [0.15, 0.2) is 21.0 Å². The molecule has 2 aromatic rings. The molecular weight excluding hydrogens is 338 g/mol. The minimum Gasteiger partial charge on any atom is -0.458 e. The molecule has 0 aliphatic rings. The maximum absolute atomic E-state index is 6.18. The molecule has 0 fully saturated rings. The van der Waals surface area contributed by atoms with Crippen LogP contribution in [0.3, 0.4) is 0 Å². The van der Waals surface area contributed by atoms with E-state index in [0.29, 0.717) is 5.92 Å². The highest BCUT2D eigenvalue weighted by Crippen LogP contribution is 2.35. The van der Waals surface area contributed by atoms with E-state index in [2.05, 4.69) is 42.0 Å². The van der Waals surface area contributed by atoms with Gasteiger partial charge in [0.05, 0.1) is 11.0 Å². The van der Waals surface area contributed by atoms with Gasteiger partial charge in [0.15, 0.2) is 0 Å². The molecule has 0 bridgehead atoms. The van der Waals surface area contributed by atoms with Crippen molar-refractivity contribution in [3.8, 4) is 0 Å². The van der Waals surface area contributed by atoms with Crippen LogP contribution < -0.4 is 5.32 Å². The number of furan rings is 1. The second-order valence-corrected chi connectivity index (χ2v) is 6.83. The van der Waals surface area contributed by atoms with E-state index in [-0.39, 0.29) is 0 Å². The number of hydrogen-bond acceptors (Lipinski definition) is 2. The van der Waals surface area contributed by atoms with Crippen molar-refractivity contribution < 1.29 is 4.42 Å². The molecule has 0 radical (unpaired) electrons. The SMILES string of the molecule is CCCNCc1oc2c(Br)cc(Cl)cc2c1CC(C)C. The van der Waals surface area contributed by atoms with Gasteiger partial charge in [0, 0.05) is 16.0 Å². The predicted octanol–water partition coefficient (Wildman–Crippen LogP) is 5.55. The zero-order valence-electron chi connectivity index (χ0n) is 12.2.